The van der Waals surface area contributed by atoms with Gasteiger partial charge in [0.15, 0.2) is 0 Å². The second-order valence-electron chi connectivity index (χ2n) is 5.50. The van der Waals surface area contributed by atoms with Crippen molar-refractivity contribution in [3.05, 3.63) is 22.3 Å². The summed E-state index contributed by atoms with van der Waals surface area (Å²) in [6.45, 7) is 8.46. The zero-order valence-corrected chi connectivity index (χ0v) is 12.6. The van der Waals surface area contributed by atoms with E-state index in [4.69, 9.17) is 9.47 Å². The lowest BCUT2D eigenvalue weighted by Crippen LogP contribution is -2.39. The van der Waals surface area contributed by atoms with Crippen LogP contribution < -0.4 is 10.1 Å². The number of rotatable bonds is 4. The van der Waals surface area contributed by atoms with E-state index in [-0.39, 0.29) is 11.6 Å². The normalized spacial score (nSPS) is 16.4. The van der Waals surface area contributed by atoms with Crippen LogP contribution in [0.2, 0.25) is 0 Å². The molecule has 1 N–H and O–H groups in total. The first-order valence-electron chi connectivity index (χ1n) is 6.08. The van der Waals surface area contributed by atoms with Crippen molar-refractivity contribution in [2.75, 3.05) is 13.2 Å². The third-order valence-corrected chi connectivity index (χ3v) is 3.02. The van der Waals surface area contributed by atoms with E-state index in [1.165, 1.54) is 0 Å². The van der Waals surface area contributed by atoms with Crippen LogP contribution in [-0.4, -0.2) is 29.8 Å². The van der Waals surface area contributed by atoms with Crippen LogP contribution in [0.25, 0.3) is 0 Å². The average molecular weight is 315 g/mol. The molecule has 1 saturated heterocycles. The van der Waals surface area contributed by atoms with E-state index in [2.05, 4.69) is 47.0 Å². The monoisotopic (exact) mass is 314 g/mol. The van der Waals surface area contributed by atoms with Gasteiger partial charge >= 0.3 is 0 Å². The minimum Gasteiger partial charge on any atom is -0.469 e. The molecular formula is C13H19BrN2O2. The minimum absolute atomic E-state index is 0.0686. The SMILES string of the molecule is CC(C)(C)NCc1cc(Br)cnc1OC1COC1. The lowest BCUT2D eigenvalue weighted by Gasteiger charge is -2.27. The smallest absolute Gasteiger partial charge is 0.218 e. The molecule has 2 heterocycles. The van der Waals surface area contributed by atoms with Crippen molar-refractivity contribution in [1.29, 1.82) is 0 Å². The second-order valence-corrected chi connectivity index (χ2v) is 6.41. The summed E-state index contributed by atoms with van der Waals surface area (Å²) in [6.07, 6.45) is 1.90. The molecule has 0 unspecified atom stereocenters. The minimum atomic E-state index is 0.0686. The van der Waals surface area contributed by atoms with Gasteiger partial charge in [-0.1, -0.05) is 0 Å². The average Bonchev–Trinajstić information content (AvgIpc) is 2.21. The van der Waals surface area contributed by atoms with Crippen LogP contribution in [0.3, 0.4) is 0 Å². The molecule has 2 rings (SSSR count). The van der Waals surface area contributed by atoms with Gasteiger partial charge in [-0.3, -0.25) is 0 Å². The van der Waals surface area contributed by atoms with Crippen molar-refractivity contribution in [3.63, 3.8) is 0 Å². The zero-order chi connectivity index (χ0) is 13.2. The van der Waals surface area contributed by atoms with Gasteiger partial charge in [-0.05, 0) is 42.8 Å². The zero-order valence-electron chi connectivity index (χ0n) is 11.0. The van der Waals surface area contributed by atoms with Crippen LogP contribution in [0.1, 0.15) is 26.3 Å². The Kier molecular flexibility index (Phi) is 4.25. The third-order valence-electron chi connectivity index (χ3n) is 2.59. The van der Waals surface area contributed by atoms with Gasteiger partial charge in [0.2, 0.25) is 5.88 Å². The van der Waals surface area contributed by atoms with Crippen LogP contribution >= 0.6 is 15.9 Å². The predicted molar refractivity (Wildman–Crippen MR) is 73.8 cm³/mol. The fourth-order valence-corrected chi connectivity index (χ4v) is 1.88. The van der Waals surface area contributed by atoms with Crippen LogP contribution in [0, 0.1) is 0 Å². The number of nitrogens with zero attached hydrogens (tertiary/aromatic N) is 1. The first-order valence-corrected chi connectivity index (χ1v) is 6.87. The molecule has 1 aromatic heterocycles. The highest BCUT2D eigenvalue weighted by molar-refractivity contribution is 9.10. The lowest BCUT2D eigenvalue weighted by atomic mass is 10.1. The van der Waals surface area contributed by atoms with Crippen molar-refractivity contribution in [1.82, 2.24) is 10.3 Å². The van der Waals surface area contributed by atoms with Gasteiger partial charge in [-0.15, -0.1) is 0 Å². The molecule has 1 aliphatic heterocycles. The summed E-state index contributed by atoms with van der Waals surface area (Å²) in [5, 5.41) is 3.44. The Morgan fingerprint density at radius 3 is 2.78 bits per heavy atom. The maximum absolute atomic E-state index is 5.80. The van der Waals surface area contributed by atoms with Crippen molar-refractivity contribution in [3.8, 4) is 5.88 Å². The van der Waals surface area contributed by atoms with Crippen LogP contribution in [0.4, 0.5) is 0 Å². The highest BCUT2D eigenvalue weighted by Crippen LogP contribution is 2.23. The van der Waals surface area contributed by atoms with Gasteiger partial charge < -0.3 is 14.8 Å². The summed E-state index contributed by atoms with van der Waals surface area (Å²) in [5.41, 5.74) is 1.13. The fourth-order valence-electron chi connectivity index (χ4n) is 1.50. The van der Waals surface area contributed by atoms with Gasteiger partial charge in [0.25, 0.3) is 0 Å². The van der Waals surface area contributed by atoms with Gasteiger partial charge in [0.05, 0.1) is 13.2 Å². The van der Waals surface area contributed by atoms with E-state index in [0.717, 1.165) is 16.6 Å². The third kappa shape index (κ3) is 3.93. The van der Waals surface area contributed by atoms with Gasteiger partial charge in [0, 0.05) is 28.3 Å². The number of ether oxygens (including phenoxy) is 2. The van der Waals surface area contributed by atoms with E-state index >= 15 is 0 Å². The Bertz CT molecular complexity index is 414. The van der Waals surface area contributed by atoms with Crippen molar-refractivity contribution in [2.24, 2.45) is 0 Å². The molecule has 0 aromatic carbocycles. The van der Waals surface area contributed by atoms with Crippen LogP contribution in [0.5, 0.6) is 5.88 Å². The number of pyridine rings is 1. The maximum Gasteiger partial charge on any atom is 0.218 e. The Labute approximate surface area is 116 Å². The summed E-state index contributed by atoms with van der Waals surface area (Å²) in [6, 6.07) is 2.04. The highest BCUT2D eigenvalue weighted by atomic mass is 79.9. The summed E-state index contributed by atoms with van der Waals surface area (Å²) in [4.78, 5) is 4.34. The number of hydrogen-bond donors (Lipinski definition) is 1. The van der Waals surface area contributed by atoms with Gasteiger partial charge in [0.1, 0.15) is 6.10 Å². The molecule has 0 amide bonds. The summed E-state index contributed by atoms with van der Waals surface area (Å²) in [7, 11) is 0. The Morgan fingerprint density at radius 2 is 2.22 bits per heavy atom. The molecule has 0 saturated carbocycles. The number of nitrogens with one attached hydrogen (secondary N) is 1. The number of hydrogen-bond acceptors (Lipinski definition) is 4. The van der Waals surface area contributed by atoms with Gasteiger partial charge in [-0.2, -0.15) is 0 Å². The lowest BCUT2D eigenvalue weighted by molar-refractivity contribution is -0.0817. The molecule has 5 heteroatoms. The molecule has 1 aromatic rings. The van der Waals surface area contributed by atoms with E-state index in [1.54, 1.807) is 6.20 Å². The first kappa shape index (κ1) is 13.8. The molecule has 0 atom stereocenters. The van der Waals surface area contributed by atoms with Crippen LogP contribution in [0.15, 0.2) is 16.7 Å². The predicted octanol–water partition coefficient (Wildman–Crippen LogP) is 2.51. The molecule has 1 aliphatic rings. The molecular weight excluding hydrogens is 296 g/mol. The summed E-state index contributed by atoms with van der Waals surface area (Å²) < 4.78 is 11.9. The largest absolute Gasteiger partial charge is 0.469 e. The van der Waals surface area contributed by atoms with Crippen molar-refractivity contribution < 1.29 is 9.47 Å². The first-order chi connectivity index (χ1) is 8.44. The van der Waals surface area contributed by atoms with Crippen LogP contribution in [-0.2, 0) is 11.3 Å². The van der Waals surface area contributed by atoms with E-state index in [0.29, 0.717) is 19.1 Å². The molecule has 4 nitrogen and oxygen atoms in total. The molecule has 0 radical (unpaired) electrons. The molecule has 0 bridgehead atoms. The standard InChI is InChI=1S/C13H19BrN2O2/c1-13(2,3)16-5-9-4-10(14)6-15-12(9)18-11-7-17-8-11/h4,6,11,16H,5,7-8H2,1-3H3. The Hall–Kier alpha value is -0.650. The van der Waals surface area contributed by atoms with E-state index < -0.39 is 0 Å². The topological polar surface area (TPSA) is 43.4 Å². The molecule has 100 valence electrons. The highest BCUT2D eigenvalue weighted by Gasteiger charge is 2.22. The van der Waals surface area contributed by atoms with E-state index in [1.807, 2.05) is 6.07 Å². The Morgan fingerprint density at radius 1 is 1.50 bits per heavy atom. The summed E-state index contributed by atoms with van der Waals surface area (Å²) in [5.74, 6) is 0.697. The molecule has 18 heavy (non-hydrogen) atoms. The van der Waals surface area contributed by atoms with Crippen molar-refractivity contribution >= 4 is 15.9 Å². The fraction of sp³-hybridized carbons (Fsp3) is 0.615. The van der Waals surface area contributed by atoms with Gasteiger partial charge in [-0.25, -0.2) is 4.98 Å². The summed E-state index contributed by atoms with van der Waals surface area (Å²) >= 11 is 3.44. The Balaban J connectivity index is 2.07. The molecule has 0 aliphatic carbocycles. The van der Waals surface area contributed by atoms with E-state index in [9.17, 15) is 0 Å². The second kappa shape index (κ2) is 5.55. The molecule has 0 spiro atoms. The quantitative estimate of drug-likeness (QED) is 0.927. The number of halogens is 1. The number of aromatic nitrogens is 1. The van der Waals surface area contributed by atoms with Crippen molar-refractivity contribution in [2.45, 2.75) is 39.0 Å². The maximum atomic E-state index is 5.80. The molecule has 1 fully saturated rings.